The number of rotatable bonds is 1. The van der Waals surface area contributed by atoms with E-state index in [1.165, 1.54) is 0 Å². The van der Waals surface area contributed by atoms with Gasteiger partial charge in [-0.15, -0.1) is 0 Å². The van der Waals surface area contributed by atoms with Crippen LogP contribution in [-0.2, 0) is 6.18 Å². The summed E-state index contributed by atoms with van der Waals surface area (Å²) in [5.41, 5.74) is -1.06. The van der Waals surface area contributed by atoms with Crippen LogP contribution in [0.1, 0.15) is 16.1 Å². The van der Waals surface area contributed by atoms with Gasteiger partial charge in [0.15, 0.2) is 6.29 Å². The van der Waals surface area contributed by atoms with Crippen molar-refractivity contribution in [2.45, 2.75) is 6.18 Å². The number of aromatic nitrogens is 1. The second kappa shape index (κ2) is 3.60. The maximum absolute atomic E-state index is 12.1. The summed E-state index contributed by atoms with van der Waals surface area (Å²) in [5.74, 6) is 0. The molecule has 1 aromatic heterocycles. The Morgan fingerprint density at radius 1 is 1.38 bits per heavy atom. The van der Waals surface area contributed by atoms with Gasteiger partial charge in [-0.25, -0.2) is 4.98 Å². The van der Waals surface area contributed by atoms with E-state index < -0.39 is 11.7 Å². The van der Waals surface area contributed by atoms with Crippen LogP contribution in [0.3, 0.4) is 0 Å². The predicted molar refractivity (Wildman–Crippen MR) is 47.3 cm³/mol. The van der Waals surface area contributed by atoms with E-state index >= 15 is 0 Å². The summed E-state index contributed by atoms with van der Waals surface area (Å²) in [6, 6.07) is 1.60. The standard InChI is InChI=1S/C7H3F3INO/c8-7(9,10)4-1-5(3-13)12-6(11)2-4/h1-3H. The van der Waals surface area contributed by atoms with Gasteiger partial charge in [-0.1, -0.05) is 0 Å². The Labute approximate surface area is 85.3 Å². The summed E-state index contributed by atoms with van der Waals surface area (Å²) in [7, 11) is 0. The van der Waals surface area contributed by atoms with Crippen LogP contribution in [0.15, 0.2) is 12.1 Å². The van der Waals surface area contributed by atoms with Gasteiger partial charge in [0.25, 0.3) is 0 Å². The van der Waals surface area contributed by atoms with Crippen LogP contribution >= 0.6 is 22.6 Å². The normalized spacial score (nSPS) is 11.4. The van der Waals surface area contributed by atoms with E-state index in [9.17, 15) is 18.0 Å². The van der Waals surface area contributed by atoms with Crippen molar-refractivity contribution in [1.29, 1.82) is 0 Å². The van der Waals surface area contributed by atoms with Crippen LogP contribution in [0, 0.1) is 3.70 Å². The number of aldehydes is 1. The average Bonchev–Trinajstić information content (AvgIpc) is 2.01. The summed E-state index contributed by atoms with van der Waals surface area (Å²) in [6.07, 6.45) is -4.14. The van der Waals surface area contributed by atoms with Gasteiger partial charge in [-0.3, -0.25) is 4.79 Å². The molecule has 0 fully saturated rings. The molecule has 0 aromatic carbocycles. The molecule has 0 bridgehead atoms. The van der Waals surface area contributed by atoms with E-state index in [4.69, 9.17) is 0 Å². The molecule has 0 N–H and O–H groups in total. The van der Waals surface area contributed by atoms with Crippen LogP contribution in [0.2, 0.25) is 0 Å². The number of carbonyl (C=O) groups excluding carboxylic acids is 1. The van der Waals surface area contributed by atoms with E-state index in [0.717, 1.165) is 12.1 Å². The Bertz CT molecular complexity index is 337. The Morgan fingerprint density at radius 3 is 2.46 bits per heavy atom. The summed E-state index contributed by atoms with van der Waals surface area (Å²) < 4.78 is 36.6. The zero-order chi connectivity index (χ0) is 10.1. The van der Waals surface area contributed by atoms with E-state index in [0.29, 0.717) is 0 Å². The van der Waals surface area contributed by atoms with Crippen LogP contribution in [0.5, 0.6) is 0 Å². The second-order valence-corrected chi connectivity index (χ2v) is 3.32. The van der Waals surface area contributed by atoms with E-state index in [1.807, 2.05) is 0 Å². The van der Waals surface area contributed by atoms with Crippen molar-refractivity contribution in [3.8, 4) is 0 Å². The molecule has 1 heterocycles. The largest absolute Gasteiger partial charge is 0.416 e. The van der Waals surface area contributed by atoms with Crippen LogP contribution in [-0.4, -0.2) is 11.3 Å². The Hall–Kier alpha value is -0.660. The highest BCUT2D eigenvalue weighted by Gasteiger charge is 2.31. The molecule has 0 aliphatic carbocycles. The number of halogens is 4. The predicted octanol–water partition coefficient (Wildman–Crippen LogP) is 2.52. The lowest BCUT2D eigenvalue weighted by Crippen LogP contribution is -2.07. The molecule has 0 radical (unpaired) electrons. The van der Waals surface area contributed by atoms with Crippen molar-refractivity contribution in [3.63, 3.8) is 0 Å². The third-order valence-corrected chi connectivity index (χ3v) is 1.81. The molecular weight excluding hydrogens is 298 g/mol. The second-order valence-electron chi connectivity index (χ2n) is 2.22. The molecule has 70 valence electrons. The van der Waals surface area contributed by atoms with Gasteiger partial charge in [-0.2, -0.15) is 13.2 Å². The van der Waals surface area contributed by atoms with Crippen molar-refractivity contribution in [2.24, 2.45) is 0 Å². The van der Waals surface area contributed by atoms with Gasteiger partial charge in [0.2, 0.25) is 0 Å². The highest BCUT2D eigenvalue weighted by molar-refractivity contribution is 14.1. The highest BCUT2D eigenvalue weighted by Crippen LogP contribution is 2.29. The number of hydrogen-bond acceptors (Lipinski definition) is 2. The summed E-state index contributed by atoms with van der Waals surface area (Å²) in [4.78, 5) is 13.8. The molecule has 0 saturated carbocycles. The molecule has 1 rings (SSSR count). The SMILES string of the molecule is O=Cc1cc(C(F)(F)F)cc(I)n1. The van der Waals surface area contributed by atoms with Crippen LogP contribution in [0.4, 0.5) is 13.2 Å². The van der Waals surface area contributed by atoms with Crippen molar-refractivity contribution < 1.29 is 18.0 Å². The Kier molecular flexibility index (Phi) is 2.89. The van der Waals surface area contributed by atoms with Crippen molar-refractivity contribution >= 4 is 28.9 Å². The number of nitrogens with zero attached hydrogens (tertiary/aromatic N) is 1. The molecule has 1 aromatic rings. The lowest BCUT2D eigenvalue weighted by molar-refractivity contribution is -0.137. The maximum Gasteiger partial charge on any atom is 0.416 e. The van der Waals surface area contributed by atoms with E-state index in [-0.39, 0.29) is 15.7 Å². The van der Waals surface area contributed by atoms with E-state index in [2.05, 4.69) is 4.98 Å². The smallest absolute Gasteiger partial charge is 0.296 e. The minimum absolute atomic E-state index is 0.148. The Morgan fingerprint density at radius 2 is 2.00 bits per heavy atom. The molecule has 6 heteroatoms. The van der Waals surface area contributed by atoms with Gasteiger partial charge < -0.3 is 0 Å². The third-order valence-electron chi connectivity index (χ3n) is 1.26. The first-order valence-corrected chi connectivity index (χ1v) is 4.21. The van der Waals surface area contributed by atoms with Gasteiger partial charge in [-0.05, 0) is 34.7 Å². The third kappa shape index (κ3) is 2.64. The summed E-state index contributed by atoms with van der Waals surface area (Å²) in [5, 5.41) is 0. The lowest BCUT2D eigenvalue weighted by Gasteiger charge is -2.06. The van der Waals surface area contributed by atoms with Gasteiger partial charge in [0, 0.05) is 0 Å². The van der Waals surface area contributed by atoms with Gasteiger partial charge in [0.05, 0.1) is 5.56 Å². The first-order chi connectivity index (χ1) is 5.93. The fourth-order valence-corrected chi connectivity index (χ4v) is 1.36. The average molecular weight is 301 g/mol. The summed E-state index contributed by atoms with van der Waals surface area (Å²) >= 11 is 1.62. The lowest BCUT2D eigenvalue weighted by atomic mass is 10.2. The number of hydrogen-bond donors (Lipinski definition) is 0. The van der Waals surface area contributed by atoms with Crippen LogP contribution < -0.4 is 0 Å². The topological polar surface area (TPSA) is 30.0 Å². The molecule has 13 heavy (non-hydrogen) atoms. The molecule has 0 aliphatic rings. The van der Waals surface area contributed by atoms with Crippen molar-refractivity contribution in [2.75, 3.05) is 0 Å². The quantitative estimate of drug-likeness (QED) is 0.453. The molecule has 0 spiro atoms. The minimum Gasteiger partial charge on any atom is -0.296 e. The monoisotopic (exact) mass is 301 g/mol. The fourth-order valence-electron chi connectivity index (χ4n) is 0.741. The minimum atomic E-state index is -4.43. The van der Waals surface area contributed by atoms with Crippen molar-refractivity contribution in [1.82, 2.24) is 4.98 Å². The molecule has 0 saturated heterocycles. The molecule has 0 amide bonds. The van der Waals surface area contributed by atoms with Crippen LogP contribution in [0.25, 0.3) is 0 Å². The first kappa shape index (κ1) is 10.4. The molecule has 0 aliphatic heterocycles. The molecule has 0 atom stereocenters. The van der Waals surface area contributed by atoms with E-state index in [1.54, 1.807) is 22.6 Å². The van der Waals surface area contributed by atoms with Crippen molar-refractivity contribution in [3.05, 3.63) is 27.1 Å². The molecule has 0 unspecified atom stereocenters. The zero-order valence-corrected chi connectivity index (χ0v) is 8.26. The van der Waals surface area contributed by atoms with Gasteiger partial charge >= 0.3 is 6.18 Å². The van der Waals surface area contributed by atoms with Gasteiger partial charge in [0.1, 0.15) is 9.39 Å². The number of pyridine rings is 1. The Balaban J connectivity index is 3.24. The fraction of sp³-hybridized carbons (Fsp3) is 0.143. The molecule has 2 nitrogen and oxygen atoms in total. The number of alkyl halides is 3. The molecular formula is C7H3F3INO. The zero-order valence-electron chi connectivity index (χ0n) is 6.10. The summed E-state index contributed by atoms with van der Waals surface area (Å²) in [6.45, 7) is 0. The maximum atomic E-state index is 12.1. The number of carbonyl (C=O) groups is 1. The first-order valence-electron chi connectivity index (χ1n) is 3.13. The highest BCUT2D eigenvalue weighted by atomic mass is 127.